The summed E-state index contributed by atoms with van der Waals surface area (Å²) in [6.07, 6.45) is 1.87. The fourth-order valence-electron chi connectivity index (χ4n) is 0.954. The Bertz CT molecular complexity index is 363. The Hall–Kier alpha value is -1.52. The molecule has 0 aliphatic carbocycles. The molecule has 2 heterocycles. The molecule has 12 heavy (non-hydrogen) atoms. The second-order valence-corrected chi connectivity index (χ2v) is 2.29. The van der Waals surface area contributed by atoms with Crippen molar-refractivity contribution in [1.29, 1.82) is 0 Å². The molecule has 0 saturated heterocycles. The van der Waals surface area contributed by atoms with Crippen molar-refractivity contribution in [3.8, 4) is 0 Å². The van der Waals surface area contributed by atoms with Gasteiger partial charge in [-0.15, -0.1) is 0 Å². The van der Waals surface area contributed by atoms with E-state index in [0.717, 1.165) is 0 Å². The summed E-state index contributed by atoms with van der Waals surface area (Å²) in [5.74, 6) is 0.299. The van der Waals surface area contributed by atoms with Crippen LogP contribution in [0, 0.1) is 0 Å². The lowest BCUT2D eigenvalue weighted by Crippen LogP contribution is -1.83. The first kappa shape index (κ1) is 7.15. The minimum absolute atomic E-state index is 0.242. The normalized spacial score (nSPS) is 11.2. The third kappa shape index (κ3) is 1.03. The topological polar surface area (TPSA) is 30.2 Å². The van der Waals surface area contributed by atoms with Crippen LogP contribution < -0.4 is 0 Å². The molecule has 0 amide bonds. The predicted octanol–water partition coefficient (Wildman–Crippen LogP) is 1.67. The van der Waals surface area contributed by atoms with Crippen LogP contribution in [-0.2, 0) is 0 Å². The molecule has 2 aromatic rings. The number of nitrogens with zero attached hydrogens (tertiary/aromatic N) is 3. The van der Waals surface area contributed by atoms with Crippen LogP contribution in [0.3, 0.4) is 0 Å². The zero-order valence-electron chi connectivity index (χ0n) is 5.98. The van der Waals surface area contributed by atoms with Crippen LogP contribution in [0.25, 0.3) is 5.78 Å². The van der Waals surface area contributed by atoms with Crippen molar-refractivity contribution in [2.24, 2.45) is 0 Å². The van der Waals surface area contributed by atoms with E-state index in [1.54, 1.807) is 12.3 Å². The Balaban J connectivity index is 2.62. The molecule has 5 heteroatoms. The van der Waals surface area contributed by atoms with Gasteiger partial charge >= 0.3 is 0 Å². The van der Waals surface area contributed by atoms with Gasteiger partial charge in [-0.3, -0.25) is 4.40 Å². The molecular formula is C7H5F2N3. The summed E-state index contributed by atoms with van der Waals surface area (Å²) in [4.78, 5) is 7.42. The maximum Gasteiger partial charge on any atom is 0.281 e. The highest BCUT2D eigenvalue weighted by molar-refractivity contribution is 5.29. The van der Waals surface area contributed by atoms with Gasteiger partial charge in [-0.05, 0) is 6.07 Å². The molecule has 0 aromatic carbocycles. The standard InChI is InChI=1S/C7H5F2N3/c8-6(9)5-4-12-3-1-2-10-7(12)11-5/h1-4,6H. The first-order valence-corrected chi connectivity index (χ1v) is 3.35. The van der Waals surface area contributed by atoms with E-state index in [0.29, 0.717) is 5.78 Å². The van der Waals surface area contributed by atoms with Crippen molar-refractivity contribution >= 4 is 5.78 Å². The van der Waals surface area contributed by atoms with Crippen molar-refractivity contribution in [3.63, 3.8) is 0 Å². The predicted molar refractivity (Wildman–Crippen MR) is 37.9 cm³/mol. The lowest BCUT2D eigenvalue weighted by atomic mass is 10.5. The number of hydrogen-bond acceptors (Lipinski definition) is 2. The van der Waals surface area contributed by atoms with E-state index >= 15 is 0 Å². The molecule has 0 spiro atoms. The maximum atomic E-state index is 12.1. The van der Waals surface area contributed by atoms with Gasteiger partial charge in [-0.25, -0.2) is 18.7 Å². The molecule has 0 atom stereocenters. The monoisotopic (exact) mass is 169 g/mol. The number of hydrogen-bond donors (Lipinski definition) is 0. The quantitative estimate of drug-likeness (QED) is 0.649. The van der Waals surface area contributed by atoms with Crippen LogP contribution in [0.1, 0.15) is 12.1 Å². The van der Waals surface area contributed by atoms with Gasteiger partial charge in [0, 0.05) is 18.6 Å². The van der Waals surface area contributed by atoms with E-state index in [2.05, 4.69) is 9.97 Å². The molecule has 0 fully saturated rings. The molecule has 0 aliphatic heterocycles. The number of alkyl halides is 2. The van der Waals surface area contributed by atoms with Gasteiger partial charge in [-0.1, -0.05) is 0 Å². The third-order valence-electron chi connectivity index (χ3n) is 1.48. The van der Waals surface area contributed by atoms with E-state index in [-0.39, 0.29) is 5.69 Å². The lowest BCUT2D eigenvalue weighted by molar-refractivity contribution is 0.146. The average Bonchev–Trinajstić information content (AvgIpc) is 2.46. The van der Waals surface area contributed by atoms with Crippen molar-refractivity contribution in [2.45, 2.75) is 6.43 Å². The molecule has 3 nitrogen and oxygen atoms in total. The smallest absolute Gasteiger partial charge is 0.281 e. The highest BCUT2D eigenvalue weighted by atomic mass is 19.3. The van der Waals surface area contributed by atoms with E-state index in [4.69, 9.17) is 0 Å². The zero-order chi connectivity index (χ0) is 8.55. The molecule has 0 aliphatic rings. The Morgan fingerprint density at radius 3 is 2.92 bits per heavy atom. The van der Waals surface area contributed by atoms with Crippen LogP contribution in [0.15, 0.2) is 24.7 Å². The summed E-state index contributed by atoms with van der Waals surface area (Å²) in [6.45, 7) is 0. The van der Waals surface area contributed by atoms with Gasteiger partial charge in [0.2, 0.25) is 5.78 Å². The maximum absolute atomic E-state index is 12.1. The van der Waals surface area contributed by atoms with Gasteiger partial charge in [0.15, 0.2) is 0 Å². The zero-order valence-corrected chi connectivity index (χ0v) is 5.98. The highest BCUT2D eigenvalue weighted by Gasteiger charge is 2.11. The fourth-order valence-corrected chi connectivity index (χ4v) is 0.954. The van der Waals surface area contributed by atoms with Crippen LogP contribution in [0.5, 0.6) is 0 Å². The Labute approximate surface area is 66.7 Å². The second-order valence-electron chi connectivity index (χ2n) is 2.29. The van der Waals surface area contributed by atoms with Crippen molar-refractivity contribution in [2.75, 3.05) is 0 Å². The van der Waals surface area contributed by atoms with Gasteiger partial charge < -0.3 is 0 Å². The third-order valence-corrected chi connectivity index (χ3v) is 1.48. The summed E-state index contributed by atoms with van der Waals surface area (Å²) < 4.78 is 25.7. The minimum Gasteiger partial charge on any atom is -0.291 e. The Morgan fingerprint density at radius 1 is 1.42 bits per heavy atom. The highest BCUT2D eigenvalue weighted by Crippen LogP contribution is 2.16. The van der Waals surface area contributed by atoms with Gasteiger partial charge in [0.25, 0.3) is 6.43 Å². The van der Waals surface area contributed by atoms with Crippen molar-refractivity contribution in [3.05, 3.63) is 30.4 Å². The van der Waals surface area contributed by atoms with E-state index in [1.165, 1.54) is 16.8 Å². The number of fused-ring (bicyclic) bond motifs is 1. The first-order chi connectivity index (χ1) is 5.77. The van der Waals surface area contributed by atoms with Gasteiger partial charge in [0.1, 0.15) is 5.69 Å². The van der Waals surface area contributed by atoms with Crippen LogP contribution >= 0.6 is 0 Å². The Morgan fingerprint density at radius 2 is 2.25 bits per heavy atom. The molecule has 0 bridgehead atoms. The summed E-state index contributed by atoms with van der Waals surface area (Å²) in [5, 5.41) is 0. The molecule has 2 rings (SSSR count). The Kier molecular flexibility index (Phi) is 1.49. The number of halogens is 2. The summed E-state index contributed by atoms with van der Waals surface area (Å²) in [5.41, 5.74) is -0.242. The second kappa shape index (κ2) is 2.51. The van der Waals surface area contributed by atoms with E-state index in [9.17, 15) is 8.78 Å². The molecule has 0 radical (unpaired) electrons. The molecular weight excluding hydrogens is 164 g/mol. The molecule has 2 aromatic heterocycles. The average molecular weight is 169 g/mol. The van der Waals surface area contributed by atoms with E-state index < -0.39 is 6.43 Å². The summed E-state index contributed by atoms with van der Waals surface area (Å²) in [6, 6.07) is 1.66. The molecule has 0 unspecified atom stereocenters. The lowest BCUT2D eigenvalue weighted by Gasteiger charge is -1.86. The summed E-state index contributed by atoms with van der Waals surface area (Å²) in [7, 11) is 0. The van der Waals surface area contributed by atoms with Gasteiger partial charge in [0.05, 0.1) is 0 Å². The van der Waals surface area contributed by atoms with Crippen molar-refractivity contribution in [1.82, 2.24) is 14.4 Å². The minimum atomic E-state index is -2.54. The molecule has 0 N–H and O–H groups in total. The van der Waals surface area contributed by atoms with Crippen molar-refractivity contribution < 1.29 is 8.78 Å². The van der Waals surface area contributed by atoms with E-state index in [1.807, 2.05) is 0 Å². The number of aromatic nitrogens is 3. The summed E-state index contributed by atoms with van der Waals surface area (Å²) >= 11 is 0. The number of rotatable bonds is 1. The fraction of sp³-hybridized carbons (Fsp3) is 0.143. The molecule has 0 saturated carbocycles. The molecule has 62 valence electrons. The first-order valence-electron chi connectivity index (χ1n) is 3.35. The van der Waals surface area contributed by atoms with Gasteiger partial charge in [-0.2, -0.15) is 0 Å². The van der Waals surface area contributed by atoms with Crippen LogP contribution in [0.4, 0.5) is 8.78 Å². The largest absolute Gasteiger partial charge is 0.291 e. The number of imidazole rings is 1. The SMILES string of the molecule is FC(F)c1cn2cccnc2n1. The van der Waals surface area contributed by atoms with Crippen LogP contribution in [-0.4, -0.2) is 14.4 Å². The van der Waals surface area contributed by atoms with Crippen LogP contribution in [0.2, 0.25) is 0 Å².